The summed E-state index contributed by atoms with van der Waals surface area (Å²) in [5, 5.41) is 13.4. The number of nitrogens with two attached hydrogens (primary N) is 1. The molecule has 1 aromatic rings. The summed E-state index contributed by atoms with van der Waals surface area (Å²) in [6, 6.07) is 4.02. The first-order valence-electron chi connectivity index (χ1n) is 6.27. The van der Waals surface area contributed by atoms with Gasteiger partial charge in [-0.15, -0.1) is 0 Å². The van der Waals surface area contributed by atoms with Crippen LogP contribution in [0, 0.1) is 17.0 Å². The van der Waals surface area contributed by atoms with Crippen molar-refractivity contribution >= 4 is 17.3 Å². The van der Waals surface area contributed by atoms with Gasteiger partial charge in [0.15, 0.2) is 0 Å². The Balaban J connectivity index is 2.81. The molecule has 0 bridgehead atoms. The molecule has 0 radical (unpaired) electrons. The van der Waals surface area contributed by atoms with Crippen molar-refractivity contribution in [1.29, 1.82) is 0 Å². The number of nitro groups is 1. The van der Waals surface area contributed by atoms with E-state index in [4.69, 9.17) is 5.73 Å². The molecule has 0 heterocycles. The summed E-state index contributed by atoms with van der Waals surface area (Å²) >= 11 is 0. The Morgan fingerprint density at radius 2 is 2.21 bits per heavy atom. The van der Waals surface area contributed by atoms with Crippen LogP contribution < -0.4 is 11.1 Å². The highest BCUT2D eigenvalue weighted by Crippen LogP contribution is 2.25. The van der Waals surface area contributed by atoms with Gasteiger partial charge in [-0.05, 0) is 25.0 Å². The minimum Gasteiger partial charge on any atom is -0.320 e. The first-order chi connectivity index (χ1) is 8.95. The molecule has 19 heavy (non-hydrogen) atoms. The molecule has 0 aliphatic heterocycles. The number of hydrogen-bond donors (Lipinski definition) is 2. The molecule has 3 N–H and O–H groups in total. The van der Waals surface area contributed by atoms with E-state index in [1.54, 1.807) is 13.0 Å². The van der Waals surface area contributed by atoms with Gasteiger partial charge in [0.25, 0.3) is 5.69 Å². The quantitative estimate of drug-likeness (QED) is 0.609. The zero-order chi connectivity index (χ0) is 14.4. The van der Waals surface area contributed by atoms with Gasteiger partial charge in [0.05, 0.1) is 11.0 Å². The normalized spacial score (nSPS) is 11.9. The number of nitrogens with zero attached hydrogens (tertiary/aromatic N) is 1. The van der Waals surface area contributed by atoms with Crippen LogP contribution in [0.2, 0.25) is 0 Å². The number of nitrogens with one attached hydrogen (secondary N) is 1. The van der Waals surface area contributed by atoms with Gasteiger partial charge in [0, 0.05) is 6.07 Å². The summed E-state index contributed by atoms with van der Waals surface area (Å²) in [7, 11) is 0. The lowest BCUT2D eigenvalue weighted by Crippen LogP contribution is -2.35. The van der Waals surface area contributed by atoms with E-state index >= 15 is 0 Å². The van der Waals surface area contributed by atoms with E-state index in [9.17, 15) is 14.9 Å². The fourth-order valence-electron chi connectivity index (χ4n) is 1.68. The van der Waals surface area contributed by atoms with Crippen LogP contribution in [-0.4, -0.2) is 16.9 Å². The molecule has 0 aliphatic rings. The molecule has 0 aliphatic carbocycles. The number of amides is 1. The predicted molar refractivity (Wildman–Crippen MR) is 74.0 cm³/mol. The van der Waals surface area contributed by atoms with E-state index in [2.05, 4.69) is 5.32 Å². The molecule has 0 saturated carbocycles. The molecule has 1 aromatic carbocycles. The lowest BCUT2D eigenvalue weighted by molar-refractivity contribution is -0.384. The third-order valence-corrected chi connectivity index (χ3v) is 2.81. The summed E-state index contributed by atoms with van der Waals surface area (Å²) < 4.78 is 0. The number of anilines is 1. The second-order valence-electron chi connectivity index (χ2n) is 4.52. The molecule has 1 atom stereocenters. The van der Waals surface area contributed by atoms with Gasteiger partial charge in [0.2, 0.25) is 5.91 Å². The lowest BCUT2D eigenvalue weighted by Gasteiger charge is -2.12. The number of benzene rings is 1. The number of unbranched alkanes of at least 4 members (excludes halogenated alkanes) is 1. The largest absolute Gasteiger partial charge is 0.320 e. The molecular weight excluding hydrogens is 246 g/mol. The second-order valence-corrected chi connectivity index (χ2v) is 4.52. The average molecular weight is 265 g/mol. The molecule has 1 amide bonds. The number of hydrogen-bond acceptors (Lipinski definition) is 4. The molecule has 0 fully saturated rings. The van der Waals surface area contributed by atoms with Crippen LogP contribution in [0.1, 0.15) is 31.7 Å². The first-order valence-corrected chi connectivity index (χ1v) is 6.27. The molecule has 0 aromatic heterocycles. The van der Waals surface area contributed by atoms with E-state index in [1.807, 2.05) is 6.92 Å². The minimum absolute atomic E-state index is 0.115. The number of nitro benzene ring substituents is 1. The summed E-state index contributed by atoms with van der Waals surface area (Å²) in [5.74, 6) is -0.389. The highest BCUT2D eigenvalue weighted by Gasteiger charge is 2.19. The maximum absolute atomic E-state index is 11.8. The van der Waals surface area contributed by atoms with Gasteiger partial charge in [-0.25, -0.2) is 0 Å². The van der Waals surface area contributed by atoms with E-state index in [0.717, 1.165) is 18.4 Å². The van der Waals surface area contributed by atoms with Crippen LogP contribution in [0.15, 0.2) is 18.2 Å². The fourth-order valence-corrected chi connectivity index (χ4v) is 1.68. The standard InChI is InChI=1S/C13H19N3O3/c1-3-4-5-10(14)13(17)15-11-7-6-9(2)8-12(11)16(18)19/h6-8,10H,3-5,14H2,1-2H3,(H,15,17)/t10-/m0/s1. The van der Waals surface area contributed by atoms with Crippen LogP contribution >= 0.6 is 0 Å². The molecule has 0 saturated heterocycles. The van der Waals surface area contributed by atoms with Gasteiger partial charge in [-0.1, -0.05) is 25.8 Å². The Hall–Kier alpha value is -1.95. The van der Waals surface area contributed by atoms with E-state index < -0.39 is 11.0 Å². The second kappa shape index (κ2) is 6.84. The van der Waals surface area contributed by atoms with Crippen molar-refractivity contribution in [1.82, 2.24) is 0 Å². The molecule has 0 spiro atoms. The summed E-state index contributed by atoms with van der Waals surface area (Å²) in [6.07, 6.45) is 2.37. The monoisotopic (exact) mass is 265 g/mol. The Labute approximate surface area is 112 Å². The zero-order valence-electron chi connectivity index (χ0n) is 11.2. The number of aryl methyl sites for hydroxylation is 1. The predicted octanol–water partition coefficient (Wildman–Crippen LogP) is 2.36. The topological polar surface area (TPSA) is 98.3 Å². The number of rotatable bonds is 6. The third kappa shape index (κ3) is 4.33. The average Bonchev–Trinajstić information content (AvgIpc) is 2.37. The van der Waals surface area contributed by atoms with Crippen LogP contribution in [0.3, 0.4) is 0 Å². The van der Waals surface area contributed by atoms with Gasteiger partial charge in [-0.3, -0.25) is 14.9 Å². The lowest BCUT2D eigenvalue weighted by atomic mass is 10.1. The molecular formula is C13H19N3O3. The van der Waals surface area contributed by atoms with Crippen molar-refractivity contribution in [2.45, 2.75) is 39.2 Å². The summed E-state index contributed by atoms with van der Waals surface area (Å²) in [6.45, 7) is 3.76. The van der Waals surface area contributed by atoms with Crippen molar-refractivity contribution in [3.8, 4) is 0 Å². The van der Waals surface area contributed by atoms with Gasteiger partial charge in [-0.2, -0.15) is 0 Å². The maximum atomic E-state index is 11.8. The van der Waals surface area contributed by atoms with Gasteiger partial charge in [0.1, 0.15) is 5.69 Å². The van der Waals surface area contributed by atoms with Crippen LogP contribution in [0.25, 0.3) is 0 Å². The fraction of sp³-hybridized carbons (Fsp3) is 0.462. The smallest absolute Gasteiger partial charge is 0.293 e. The molecule has 6 heteroatoms. The van der Waals surface area contributed by atoms with Crippen molar-refractivity contribution in [3.63, 3.8) is 0 Å². The molecule has 0 unspecified atom stereocenters. The van der Waals surface area contributed by atoms with Crippen molar-refractivity contribution in [2.75, 3.05) is 5.32 Å². The maximum Gasteiger partial charge on any atom is 0.293 e. The van der Waals surface area contributed by atoms with Gasteiger partial charge < -0.3 is 11.1 Å². The Kier molecular flexibility index (Phi) is 5.44. The van der Waals surface area contributed by atoms with Crippen LogP contribution in [-0.2, 0) is 4.79 Å². The molecule has 6 nitrogen and oxygen atoms in total. The molecule has 104 valence electrons. The Bertz CT molecular complexity index is 474. The van der Waals surface area contributed by atoms with E-state index in [1.165, 1.54) is 12.1 Å². The highest BCUT2D eigenvalue weighted by molar-refractivity contribution is 5.96. The van der Waals surface area contributed by atoms with Crippen LogP contribution in [0.4, 0.5) is 11.4 Å². The first kappa shape index (κ1) is 15.1. The number of carbonyl (C=O) groups is 1. The zero-order valence-corrected chi connectivity index (χ0v) is 11.2. The van der Waals surface area contributed by atoms with Crippen molar-refractivity contribution < 1.29 is 9.72 Å². The molecule has 1 rings (SSSR count). The number of carbonyl (C=O) groups excluding carboxylic acids is 1. The van der Waals surface area contributed by atoms with Crippen molar-refractivity contribution in [2.24, 2.45) is 5.73 Å². The summed E-state index contributed by atoms with van der Waals surface area (Å²) in [4.78, 5) is 22.2. The van der Waals surface area contributed by atoms with Crippen LogP contribution in [0.5, 0.6) is 0 Å². The minimum atomic E-state index is -0.638. The SMILES string of the molecule is CCCC[C@H](N)C(=O)Nc1ccc(C)cc1[N+](=O)[O-]. The van der Waals surface area contributed by atoms with Gasteiger partial charge >= 0.3 is 0 Å². The van der Waals surface area contributed by atoms with E-state index in [-0.39, 0.29) is 17.3 Å². The van der Waals surface area contributed by atoms with Crippen molar-refractivity contribution in [3.05, 3.63) is 33.9 Å². The third-order valence-electron chi connectivity index (χ3n) is 2.81. The Morgan fingerprint density at radius 1 is 1.53 bits per heavy atom. The highest BCUT2D eigenvalue weighted by atomic mass is 16.6. The Morgan fingerprint density at radius 3 is 2.79 bits per heavy atom. The van der Waals surface area contributed by atoms with E-state index in [0.29, 0.717) is 6.42 Å². The summed E-state index contributed by atoms with van der Waals surface area (Å²) in [5.41, 5.74) is 6.56.